The molecular formula is C12H16ClF2N. The molecule has 0 aromatic heterocycles. The van der Waals surface area contributed by atoms with Crippen molar-refractivity contribution in [3.63, 3.8) is 0 Å². The Kier molecular flexibility index (Phi) is 4.69. The lowest BCUT2D eigenvalue weighted by Gasteiger charge is -2.27. The van der Waals surface area contributed by atoms with Crippen LogP contribution in [0.2, 0.25) is 0 Å². The van der Waals surface area contributed by atoms with Crippen molar-refractivity contribution < 1.29 is 8.78 Å². The maximum Gasteiger partial charge on any atom is 0.130 e. The van der Waals surface area contributed by atoms with Crippen LogP contribution in [0.1, 0.15) is 25.8 Å². The molecule has 1 nitrogen and oxygen atoms in total. The van der Waals surface area contributed by atoms with E-state index >= 15 is 0 Å². The summed E-state index contributed by atoms with van der Waals surface area (Å²) in [6.07, 6.45) is 0.798. The molecular weight excluding hydrogens is 232 g/mol. The first kappa shape index (κ1) is 13.4. The van der Waals surface area contributed by atoms with Gasteiger partial charge in [0.15, 0.2) is 0 Å². The number of nitrogens with one attached hydrogen (secondary N) is 1. The monoisotopic (exact) mass is 247 g/mol. The summed E-state index contributed by atoms with van der Waals surface area (Å²) in [5.41, 5.74) is -0.233. The van der Waals surface area contributed by atoms with Gasteiger partial charge in [-0.05, 0) is 25.5 Å². The average molecular weight is 248 g/mol. The Morgan fingerprint density at radius 1 is 1.31 bits per heavy atom. The summed E-state index contributed by atoms with van der Waals surface area (Å²) in [4.78, 5) is 0. The summed E-state index contributed by atoms with van der Waals surface area (Å²) >= 11 is 5.80. The molecule has 1 aromatic rings. The topological polar surface area (TPSA) is 12.0 Å². The van der Waals surface area contributed by atoms with Crippen LogP contribution in [0, 0.1) is 11.6 Å². The standard InChI is InChI=1S/C12H16ClF2N/c1-3-12(2,8-13)16-7-9-10(14)5-4-6-11(9)15/h4-6,16H,3,7-8H2,1-2H3. The van der Waals surface area contributed by atoms with Gasteiger partial charge in [-0.15, -0.1) is 11.6 Å². The molecule has 0 bridgehead atoms. The molecule has 4 heteroatoms. The Labute approximate surface area is 99.8 Å². The fourth-order valence-electron chi connectivity index (χ4n) is 1.27. The predicted octanol–water partition coefficient (Wildman–Crippen LogP) is 3.46. The molecule has 1 atom stereocenters. The summed E-state index contributed by atoms with van der Waals surface area (Å²) < 4.78 is 26.6. The number of hydrogen-bond donors (Lipinski definition) is 1. The van der Waals surface area contributed by atoms with Gasteiger partial charge in [-0.1, -0.05) is 13.0 Å². The zero-order valence-electron chi connectivity index (χ0n) is 9.49. The van der Waals surface area contributed by atoms with Gasteiger partial charge in [0.2, 0.25) is 0 Å². The van der Waals surface area contributed by atoms with Crippen LogP contribution < -0.4 is 5.32 Å². The van der Waals surface area contributed by atoms with E-state index in [0.717, 1.165) is 6.42 Å². The minimum absolute atomic E-state index is 0.0623. The Balaban J connectivity index is 2.75. The highest BCUT2D eigenvalue weighted by Crippen LogP contribution is 2.16. The van der Waals surface area contributed by atoms with Crippen LogP contribution in [0.3, 0.4) is 0 Å². The molecule has 1 aromatic carbocycles. The maximum atomic E-state index is 13.3. The van der Waals surface area contributed by atoms with E-state index in [1.807, 2.05) is 13.8 Å². The molecule has 0 heterocycles. The second-order valence-corrected chi connectivity index (χ2v) is 4.37. The first-order valence-electron chi connectivity index (χ1n) is 5.26. The Bertz CT molecular complexity index is 331. The SMILES string of the molecule is CCC(C)(CCl)NCc1c(F)cccc1F. The third-order valence-electron chi connectivity index (χ3n) is 2.83. The van der Waals surface area contributed by atoms with Crippen molar-refractivity contribution in [3.8, 4) is 0 Å². The van der Waals surface area contributed by atoms with Crippen LogP contribution >= 0.6 is 11.6 Å². The van der Waals surface area contributed by atoms with E-state index in [9.17, 15) is 8.78 Å². The Morgan fingerprint density at radius 2 is 1.88 bits per heavy atom. The largest absolute Gasteiger partial charge is 0.306 e. The molecule has 90 valence electrons. The average Bonchev–Trinajstić information content (AvgIpc) is 2.28. The van der Waals surface area contributed by atoms with Gasteiger partial charge in [0, 0.05) is 23.5 Å². The molecule has 0 fully saturated rings. The summed E-state index contributed by atoms with van der Waals surface area (Å²) in [6, 6.07) is 3.86. The van der Waals surface area contributed by atoms with Crippen LogP contribution in [0.4, 0.5) is 8.78 Å². The normalized spacial score (nSPS) is 14.8. The summed E-state index contributed by atoms with van der Waals surface area (Å²) in [5, 5.41) is 3.08. The van der Waals surface area contributed by atoms with E-state index in [1.165, 1.54) is 18.2 Å². The first-order chi connectivity index (χ1) is 7.52. The van der Waals surface area contributed by atoms with Gasteiger partial charge in [-0.2, -0.15) is 0 Å². The first-order valence-corrected chi connectivity index (χ1v) is 5.80. The smallest absolute Gasteiger partial charge is 0.130 e. The van der Waals surface area contributed by atoms with Gasteiger partial charge in [0.25, 0.3) is 0 Å². The van der Waals surface area contributed by atoms with Crippen LogP contribution in [-0.4, -0.2) is 11.4 Å². The molecule has 0 saturated heterocycles. The van der Waals surface area contributed by atoms with Gasteiger partial charge in [0.1, 0.15) is 11.6 Å². The summed E-state index contributed by atoms with van der Waals surface area (Å²) in [5.74, 6) is -0.652. The number of alkyl halides is 1. The zero-order valence-corrected chi connectivity index (χ0v) is 10.2. The molecule has 0 saturated carbocycles. The van der Waals surface area contributed by atoms with E-state index in [4.69, 9.17) is 11.6 Å². The number of hydrogen-bond acceptors (Lipinski definition) is 1. The maximum absolute atomic E-state index is 13.3. The Morgan fingerprint density at radius 3 is 2.31 bits per heavy atom. The fraction of sp³-hybridized carbons (Fsp3) is 0.500. The molecule has 1 rings (SSSR count). The van der Waals surface area contributed by atoms with Crippen LogP contribution in [-0.2, 0) is 6.54 Å². The lowest BCUT2D eigenvalue weighted by Crippen LogP contribution is -2.43. The number of benzene rings is 1. The highest BCUT2D eigenvalue weighted by atomic mass is 35.5. The lowest BCUT2D eigenvalue weighted by atomic mass is 10.0. The van der Waals surface area contributed by atoms with Crippen molar-refractivity contribution in [3.05, 3.63) is 35.4 Å². The summed E-state index contributed by atoms with van der Waals surface area (Å²) in [7, 11) is 0. The molecule has 1 unspecified atom stereocenters. The molecule has 0 aliphatic heterocycles. The van der Waals surface area contributed by atoms with E-state index in [1.54, 1.807) is 0 Å². The van der Waals surface area contributed by atoms with Gasteiger partial charge in [-0.25, -0.2) is 8.78 Å². The molecule has 0 radical (unpaired) electrons. The minimum Gasteiger partial charge on any atom is -0.306 e. The number of halogens is 3. The molecule has 16 heavy (non-hydrogen) atoms. The molecule has 0 aliphatic carbocycles. The van der Waals surface area contributed by atoms with Crippen molar-refractivity contribution in [1.29, 1.82) is 0 Å². The van der Waals surface area contributed by atoms with Crippen molar-refractivity contribution in [2.45, 2.75) is 32.4 Å². The van der Waals surface area contributed by atoms with E-state index in [2.05, 4.69) is 5.32 Å². The third-order valence-corrected chi connectivity index (χ3v) is 3.42. The van der Waals surface area contributed by atoms with Crippen molar-refractivity contribution >= 4 is 11.6 Å². The number of rotatable bonds is 5. The van der Waals surface area contributed by atoms with Crippen LogP contribution in [0.5, 0.6) is 0 Å². The van der Waals surface area contributed by atoms with Gasteiger partial charge in [-0.3, -0.25) is 0 Å². The summed E-state index contributed by atoms with van der Waals surface area (Å²) in [6.45, 7) is 4.06. The van der Waals surface area contributed by atoms with E-state index in [0.29, 0.717) is 5.88 Å². The van der Waals surface area contributed by atoms with Crippen molar-refractivity contribution in [1.82, 2.24) is 5.32 Å². The van der Waals surface area contributed by atoms with E-state index in [-0.39, 0.29) is 17.6 Å². The molecule has 0 spiro atoms. The van der Waals surface area contributed by atoms with Crippen molar-refractivity contribution in [2.24, 2.45) is 0 Å². The third kappa shape index (κ3) is 3.16. The van der Waals surface area contributed by atoms with Crippen LogP contribution in [0.25, 0.3) is 0 Å². The van der Waals surface area contributed by atoms with Crippen LogP contribution in [0.15, 0.2) is 18.2 Å². The zero-order chi connectivity index (χ0) is 12.2. The van der Waals surface area contributed by atoms with Gasteiger partial charge in [0.05, 0.1) is 0 Å². The highest BCUT2D eigenvalue weighted by molar-refractivity contribution is 6.18. The predicted molar refractivity (Wildman–Crippen MR) is 62.6 cm³/mol. The quantitative estimate of drug-likeness (QED) is 0.786. The molecule has 0 aliphatic rings. The van der Waals surface area contributed by atoms with Gasteiger partial charge >= 0.3 is 0 Å². The highest BCUT2D eigenvalue weighted by Gasteiger charge is 2.21. The minimum atomic E-state index is -0.527. The molecule has 0 amide bonds. The van der Waals surface area contributed by atoms with Crippen molar-refractivity contribution in [2.75, 3.05) is 5.88 Å². The lowest BCUT2D eigenvalue weighted by molar-refractivity contribution is 0.371. The van der Waals surface area contributed by atoms with E-state index < -0.39 is 11.6 Å². The second-order valence-electron chi connectivity index (χ2n) is 4.10. The van der Waals surface area contributed by atoms with Gasteiger partial charge < -0.3 is 5.32 Å². The Hall–Kier alpha value is -0.670. The fourth-order valence-corrected chi connectivity index (χ4v) is 1.55. The second kappa shape index (κ2) is 5.60. The molecule has 1 N–H and O–H groups in total.